The number of rotatable bonds is 8. The summed E-state index contributed by atoms with van der Waals surface area (Å²) in [5.41, 5.74) is 0.0373. The van der Waals surface area contributed by atoms with Crippen molar-refractivity contribution in [2.45, 2.75) is 53.3 Å². The molecule has 3 rings (SSSR count). The maximum Gasteiger partial charge on any atom is 0.330 e. The molecule has 0 saturated heterocycles. The lowest BCUT2D eigenvalue weighted by atomic mass is 10.2. The Kier molecular flexibility index (Phi) is 5.81. The van der Waals surface area contributed by atoms with Crippen LogP contribution < -0.4 is 16.0 Å². The fourth-order valence-corrected chi connectivity index (χ4v) is 3.29. The van der Waals surface area contributed by atoms with Crippen LogP contribution in [0.15, 0.2) is 27.8 Å². The zero-order valence-electron chi connectivity index (χ0n) is 16.6. The number of hydrogen-bond donors (Lipinski definition) is 1. The molecule has 0 aliphatic carbocycles. The first-order valence-corrected chi connectivity index (χ1v) is 9.48. The van der Waals surface area contributed by atoms with Crippen molar-refractivity contribution in [3.8, 4) is 5.75 Å². The van der Waals surface area contributed by atoms with Crippen LogP contribution in [0, 0.1) is 17.0 Å². The lowest BCUT2D eigenvalue weighted by molar-refractivity contribution is -0.385. The van der Waals surface area contributed by atoms with E-state index in [1.54, 1.807) is 23.6 Å². The highest BCUT2D eigenvalue weighted by Crippen LogP contribution is 2.27. The van der Waals surface area contributed by atoms with E-state index >= 15 is 0 Å². The van der Waals surface area contributed by atoms with Crippen LogP contribution in [0.1, 0.15) is 38.1 Å². The molecular weight excluding hydrogens is 378 g/mol. The Morgan fingerprint density at radius 1 is 1.24 bits per heavy atom. The van der Waals surface area contributed by atoms with Gasteiger partial charge in [0.25, 0.3) is 11.2 Å². The van der Waals surface area contributed by atoms with Gasteiger partial charge < -0.3 is 9.30 Å². The number of nitro benzene ring substituents is 1. The average Bonchev–Trinajstić information content (AvgIpc) is 3.05. The molecule has 0 fully saturated rings. The number of nitrogens with one attached hydrogen (secondary N) is 1. The molecule has 0 atom stereocenters. The zero-order chi connectivity index (χ0) is 21.1. The first-order valence-electron chi connectivity index (χ1n) is 9.48. The summed E-state index contributed by atoms with van der Waals surface area (Å²) >= 11 is 0. The van der Waals surface area contributed by atoms with Gasteiger partial charge in [-0.25, -0.2) is 9.78 Å². The maximum atomic E-state index is 12.4. The van der Waals surface area contributed by atoms with Crippen LogP contribution in [0.5, 0.6) is 5.75 Å². The highest BCUT2D eigenvalue weighted by atomic mass is 16.6. The number of H-pyrrole nitrogens is 1. The molecule has 0 radical (unpaired) electrons. The normalized spacial score (nSPS) is 11.1. The van der Waals surface area contributed by atoms with Crippen LogP contribution in [-0.2, 0) is 19.7 Å². The molecular formula is C19H23N5O5. The van der Waals surface area contributed by atoms with Crippen molar-refractivity contribution in [1.29, 1.82) is 0 Å². The molecule has 10 heteroatoms. The third kappa shape index (κ3) is 3.78. The molecule has 0 spiro atoms. The number of imidazole rings is 1. The largest absolute Gasteiger partial charge is 0.485 e. The predicted molar refractivity (Wildman–Crippen MR) is 107 cm³/mol. The first-order chi connectivity index (χ1) is 13.9. The minimum absolute atomic E-state index is 0.00589. The summed E-state index contributed by atoms with van der Waals surface area (Å²) in [5.74, 6) is 0.834. The van der Waals surface area contributed by atoms with E-state index in [1.165, 1.54) is 10.6 Å². The first kappa shape index (κ1) is 20.3. The number of nitrogens with zero attached hydrogens (tertiary/aromatic N) is 4. The Labute approximate surface area is 165 Å². The van der Waals surface area contributed by atoms with Crippen LogP contribution in [0.25, 0.3) is 11.2 Å². The van der Waals surface area contributed by atoms with Gasteiger partial charge in [0.15, 0.2) is 11.2 Å². The van der Waals surface area contributed by atoms with E-state index in [2.05, 4.69) is 9.97 Å². The minimum atomic E-state index is -0.495. The molecule has 0 unspecified atom stereocenters. The van der Waals surface area contributed by atoms with Crippen molar-refractivity contribution < 1.29 is 9.66 Å². The Balaban J connectivity index is 2.03. The summed E-state index contributed by atoms with van der Waals surface area (Å²) in [4.78, 5) is 42.2. The van der Waals surface area contributed by atoms with Gasteiger partial charge in [-0.15, -0.1) is 0 Å². The van der Waals surface area contributed by atoms with Crippen molar-refractivity contribution in [2.24, 2.45) is 0 Å². The molecule has 0 aliphatic rings. The molecule has 1 aromatic carbocycles. The highest BCUT2D eigenvalue weighted by Gasteiger charge is 2.19. The Morgan fingerprint density at radius 3 is 2.66 bits per heavy atom. The van der Waals surface area contributed by atoms with Gasteiger partial charge in [0.1, 0.15) is 18.2 Å². The second kappa shape index (κ2) is 8.29. The monoisotopic (exact) mass is 401 g/mol. The number of hydrogen-bond acceptors (Lipinski definition) is 6. The molecule has 29 heavy (non-hydrogen) atoms. The molecule has 0 bridgehead atoms. The van der Waals surface area contributed by atoms with Crippen LogP contribution in [0.4, 0.5) is 5.69 Å². The Bertz CT molecular complexity index is 1170. The van der Waals surface area contributed by atoms with Crippen molar-refractivity contribution in [1.82, 2.24) is 19.1 Å². The predicted octanol–water partition coefficient (Wildman–Crippen LogP) is 2.50. The molecule has 2 aromatic heterocycles. The van der Waals surface area contributed by atoms with Crippen LogP contribution in [0.2, 0.25) is 0 Å². The van der Waals surface area contributed by atoms with Gasteiger partial charge in [-0.05, 0) is 26.3 Å². The third-order valence-corrected chi connectivity index (χ3v) is 4.83. The number of unbranched alkanes of at least 4 members (excludes halogenated alkanes) is 1. The lowest BCUT2D eigenvalue weighted by Crippen LogP contribution is -2.31. The van der Waals surface area contributed by atoms with Crippen LogP contribution >= 0.6 is 0 Å². The summed E-state index contributed by atoms with van der Waals surface area (Å²) in [6, 6.07) is 4.61. The quantitative estimate of drug-likeness (QED) is 0.457. The van der Waals surface area contributed by atoms with E-state index in [0.717, 1.165) is 12.8 Å². The maximum absolute atomic E-state index is 12.4. The number of fused-ring (bicyclic) bond motifs is 1. The van der Waals surface area contributed by atoms with E-state index in [0.29, 0.717) is 41.4 Å². The van der Waals surface area contributed by atoms with Gasteiger partial charge in [0, 0.05) is 19.2 Å². The van der Waals surface area contributed by atoms with E-state index < -0.39 is 16.2 Å². The van der Waals surface area contributed by atoms with Gasteiger partial charge in [-0.3, -0.25) is 24.5 Å². The molecule has 3 aromatic rings. The second-order valence-corrected chi connectivity index (χ2v) is 6.66. The molecule has 154 valence electrons. The SMILES string of the molecule is CCCCn1c(=O)[nH]c(=O)c2c1nc(COc1cccc([N+](=O)[O-])c1C)n2CC. The van der Waals surface area contributed by atoms with Gasteiger partial charge in [-0.2, -0.15) is 0 Å². The van der Waals surface area contributed by atoms with Crippen molar-refractivity contribution in [2.75, 3.05) is 0 Å². The molecule has 10 nitrogen and oxygen atoms in total. The van der Waals surface area contributed by atoms with E-state index in [9.17, 15) is 19.7 Å². The fraction of sp³-hybridized carbons (Fsp3) is 0.421. The lowest BCUT2D eigenvalue weighted by Gasteiger charge is -2.10. The smallest absolute Gasteiger partial charge is 0.330 e. The summed E-state index contributed by atoms with van der Waals surface area (Å²) < 4.78 is 8.95. The summed E-state index contributed by atoms with van der Waals surface area (Å²) in [6.07, 6.45) is 1.67. The highest BCUT2D eigenvalue weighted by molar-refractivity contribution is 5.71. The molecule has 2 heterocycles. The molecule has 1 N–H and O–H groups in total. The minimum Gasteiger partial charge on any atom is -0.485 e. The summed E-state index contributed by atoms with van der Waals surface area (Å²) in [6.45, 7) is 6.41. The van der Waals surface area contributed by atoms with E-state index in [4.69, 9.17) is 4.74 Å². The van der Waals surface area contributed by atoms with Crippen molar-refractivity contribution in [3.63, 3.8) is 0 Å². The van der Waals surface area contributed by atoms with Crippen LogP contribution in [0.3, 0.4) is 0 Å². The average molecular weight is 401 g/mol. The number of aryl methyl sites for hydroxylation is 2. The summed E-state index contributed by atoms with van der Waals surface area (Å²) in [5, 5.41) is 11.1. The zero-order valence-corrected chi connectivity index (χ0v) is 16.6. The summed E-state index contributed by atoms with van der Waals surface area (Å²) in [7, 11) is 0. The number of benzene rings is 1. The number of aromatic nitrogens is 4. The standard InChI is InChI=1S/C19H23N5O5/c1-4-6-10-23-17-16(18(25)21-19(23)26)22(5-2)15(20-17)11-29-14-9-7-8-13(12(14)3)24(27)28/h7-9H,4-6,10-11H2,1-3H3,(H,21,25,26). The van der Waals surface area contributed by atoms with E-state index in [-0.39, 0.29) is 12.3 Å². The fourth-order valence-electron chi connectivity index (χ4n) is 3.29. The molecule has 0 amide bonds. The Hall–Kier alpha value is -3.43. The van der Waals surface area contributed by atoms with E-state index in [1.807, 2.05) is 13.8 Å². The third-order valence-electron chi connectivity index (χ3n) is 4.83. The van der Waals surface area contributed by atoms with Gasteiger partial charge in [0.2, 0.25) is 0 Å². The van der Waals surface area contributed by atoms with Gasteiger partial charge >= 0.3 is 5.69 Å². The van der Waals surface area contributed by atoms with Crippen molar-refractivity contribution in [3.05, 3.63) is 60.5 Å². The number of aromatic amines is 1. The topological polar surface area (TPSA) is 125 Å². The molecule has 0 saturated carbocycles. The molecule has 0 aliphatic heterocycles. The van der Waals surface area contributed by atoms with Gasteiger partial charge in [0.05, 0.1) is 10.5 Å². The Morgan fingerprint density at radius 2 is 2.00 bits per heavy atom. The number of nitro groups is 1. The van der Waals surface area contributed by atoms with Crippen molar-refractivity contribution >= 4 is 16.9 Å². The van der Waals surface area contributed by atoms with Crippen LogP contribution in [-0.4, -0.2) is 24.0 Å². The number of ether oxygens (including phenoxy) is 1. The van der Waals surface area contributed by atoms with Gasteiger partial charge in [-0.1, -0.05) is 19.4 Å². The second-order valence-electron chi connectivity index (χ2n) is 6.66.